The molecule has 0 spiro atoms. The zero-order chi connectivity index (χ0) is 12.0. The summed E-state index contributed by atoms with van der Waals surface area (Å²) in [5.41, 5.74) is 0. The number of hydrogen-bond acceptors (Lipinski definition) is 3. The quantitative estimate of drug-likeness (QED) is 0.698. The molecule has 1 saturated heterocycles. The first kappa shape index (κ1) is 13.5. The molecule has 4 heteroatoms. The van der Waals surface area contributed by atoms with Gasteiger partial charge >= 0.3 is 0 Å². The molecule has 0 aromatic rings. The van der Waals surface area contributed by atoms with Crippen molar-refractivity contribution >= 4 is 5.91 Å². The van der Waals surface area contributed by atoms with E-state index in [2.05, 4.69) is 22.6 Å². The average molecular weight is 227 g/mol. The minimum atomic E-state index is 0.154. The van der Waals surface area contributed by atoms with Crippen molar-refractivity contribution in [2.45, 2.75) is 45.2 Å². The van der Waals surface area contributed by atoms with Crippen molar-refractivity contribution < 1.29 is 4.79 Å². The van der Waals surface area contributed by atoms with Crippen molar-refractivity contribution in [1.29, 1.82) is 0 Å². The van der Waals surface area contributed by atoms with E-state index in [0.29, 0.717) is 12.5 Å². The minimum absolute atomic E-state index is 0.154. The Morgan fingerprint density at radius 1 is 1.56 bits per heavy atom. The lowest BCUT2D eigenvalue weighted by Crippen LogP contribution is -2.38. The summed E-state index contributed by atoms with van der Waals surface area (Å²) in [6, 6.07) is 0.868. The summed E-state index contributed by atoms with van der Waals surface area (Å²) < 4.78 is 0. The Hall–Kier alpha value is -0.610. The Morgan fingerprint density at radius 2 is 2.31 bits per heavy atom. The highest BCUT2D eigenvalue weighted by molar-refractivity contribution is 5.76. The molecule has 0 saturated carbocycles. The maximum atomic E-state index is 11.4. The molecule has 0 aromatic heterocycles. The maximum absolute atomic E-state index is 11.4. The zero-order valence-corrected chi connectivity index (χ0v) is 10.8. The van der Waals surface area contributed by atoms with Gasteiger partial charge in [-0.2, -0.15) is 0 Å². The van der Waals surface area contributed by atoms with Crippen LogP contribution in [0, 0.1) is 0 Å². The lowest BCUT2D eigenvalue weighted by molar-refractivity contribution is -0.121. The molecule has 0 aromatic carbocycles. The third kappa shape index (κ3) is 5.47. The van der Waals surface area contributed by atoms with E-state index in [4.69, 9.17) is 0 Å². The summed E-state index contributed by atoms with van der Waals surface area (Å²) in [6.07, 6.45) is 3.15. The van der Waals surface area contributed by atoms with E-state index < -0.39 is 0 Å². The predicted molar refractivity (Wildman–Crippen MR) is 66.4 cm³/mol. The minimum Gasteiger partial charge on any atom is -0.354 e. The van der Waals surface area contributed by atoms with Gasteiger partial charge in [0.15, 0.2) is 0 Å². The number of rotatable bonds is 6. The summed E-state index contributed by atoms with van der Waals surface area (Å²) in [6.45, 7) is 7.02. The van der Waals surface area contributed by atoms with Crippen molar-refractivity contribution in [2.24, 2.45) is 0 Å². The monoisotopic (exact) mass is 227 g/mol. The fourth-order valence-electron chi connectivity index (χ4n) is 2.07. The van der Waals surface area contributed by atoms with E-state index in [0.717, 1.165) is 19.6 Å². The third-order valence-corrected chi connectivity index (χ3v) is 2.86. The molecule has 16 heavy (non-hydrogen) atoms. The van der Waals surface area contributed by atoms with E-state index in [9.17, 15) is 4.79 Å². The van der Waals surface area contributed by atoms with Gasteiger partial charge in [0.1, 0.15) is 0 Å². The zero-order valence-electron chi connectivity index (χ0n) is 10.8. The second-order valence-corrected chi connectivity index (χ2v) is 5.03. The Kier molecular flexibility index (Phi) is 5.77. The fraction of sp³-hybridized carbons (Fsp3) is 0.917. The molecule has 1 heterocycles. The normalized spacial score (nSPS) is 20.7. The van der Waals surface area contributed by atoms with Crippen LogP contribution in [-0.4, -0.2) is 49.6 Å². The molecule has 4 nitrogen and oxygen atoms in total. The number of likely N-dealkylation sites (N-methyl/N-ethyl adjacent to an activating group) is 1. The highest BCUT2D eigenvalue weighted by atomic mass is 16.1. The Bertz CT molecular complexity index is 212. The molecule has 1 aliphatic rings. The van der Waals surface area contributed by atoms with E-state index >= 15 is 0 Å². The lowest BCUT2D eigenvalue weighted by atomic mass is 10.2. The largest absolute Gasteiger partial charge is 0.354 e. The summed E-state index contributed by atoms with van der Waals surface area (Å²) in [7, 11) is 2.09. The first-order valence-corrected chi connectivity index (χ1v) is 6.29. The number of nitrogens with one attached hydrogen (secondary N) is 2. The Morgan fingerprint density at radius 3 is 2.88 bits per heavy atom. The molecule has 1 aliphatic heterocycles. The van der Waals surface area contributed by atoms with Gasteiger partial charge < -0.3 is 15.5 Å². The third-order valence-electron chi connectivity index (χ3n) is 2.86. The van der Waals surface area contributed by atoms with Gasteiger partial charge in [-0.15, -0.1) is 0 Å². The van der Waals surface area contributed by atoms with E-state index in [1.54, 1.807) is 0 Å². The van der Waals surface area contributed by atoms with Crippen LogP contribution < -0.4 is 10.6 Å². The van der Waals surface area contributed by atoms with E-state index in [1.165, 1.54) is 12.8 Å². The highest BCUT2D eigenvalue weighted by Gasteiger charge is 2.16. The lowest BCUT2D eigenvalue weighted by Gasteiger charge is -2.21. The SMILES string of the molecule is CC(C)NC(=O)CCN(C)CC1CCCN1. The molecule has 1 atom stereocenters. The topological polar surface area (TPSA) is 44.4 Å². The van der Waals surface area contributed by atoms with Crippen LogP contribution in [0.2, 0.25) is 0 Å². The fourth-order valence-corrected chi connectivity index (χ4v) is 2.07. The van der Waals surface area contributed by atoms with Crippen LogP contribution >= 0.6 is 0 Å². The highest BCUT2D eigenvalue weighted by Crippen LogP contribution is 2.06. The first-order valence-electron chi connectivity index (χ1n) is 6.29. The van der Waals surface area contributed by atoms with E-state index in [1.807, 2.05) is 13.8 Å². The molecular formula is C12H25N3O. The molecule has 1 fully saturated rings. The number of carbonyl (C=O) groups excluding carboxylic acids is 1. The molecule has 1 unspecified atom stereocenters. The molecule has 0 bridgehead atoms. The van der Waals surface area contributed by atoms with Crippen LogP contribution in [0.15, 0.2) is 0 Å². The second-order valence-electron chi connectivity index (χ2n) is 5.03. The van der Waals surface area contributed by atoms with Gasteiger partial charge in [-0.1, -0.05) is 0 Å². The van der Waals surface area contributed by atoms with Crippen LogP contribution in [0.1, 0.15) is 33.1 Å². The Balaban J connectivity index is 2.09. The summed E-state index contributed by atoms with van der Waals surface area (Å²) in [5.74, 6) is 0.154. The predicted octanol–water partition coefficient (Wildman–Crippen LogP) is 0.585. The smallest absolute Gasteiger partial charge is 0.221 e. The molecule has 0 radical (unpaired) electrons. The van der Waals surface area contributed by atoms with Gasteiger partial charge in [-0.05, 0) is 40.3 Å². The van der Waals surface area contributed by atoms with Crippen molar-refractivity contribution in [3.05, 3.63) is 0 Å². The van der Waals surface area contributed by atoms with Crippen LogP contribution in [0.4, 0.5) is 0 Å². The van der Waals surface area contributed by atoms with Crippen LogP contribution in [0.5, 0.6) is 0 Å². The summed E-state index contributed by atoms with van der Waals surface area (Å²) >= 11 is 0. The Labute approximate surface area is 98.8 Å². The van der Waals surface area contributed by atoms with Gasteiger partial charge in [0.25, 0.3) is 0 Å². The maximum Gasteiger partial charge on any atom is 0.221 e. The van der Waals surface area contributed by atoms with Crippen LogP contribution in [0.25, 0.3) is 0 Å². The standard InChI is InChI=1S/C12H25N3O/c1-10(2)14-12(16)6-8-15(3)9-11-5-4-7-13-11/h10-11,13H,4-9H2,1-3H3,(H,14,16). The van der Waals surface area contributed by atoms with E-state index in [-0.39, 0.29) is 11.9 Å². The second kappa shape index (κ2) is 6.86. The summed E-state index contributed by atoms with van der Waals surface area (Å²) in [4.78, 5) is 13.7. The number of hydrogen-bond donors (Lipinski definition) is 2. The first-order chi connectivity index (χ1) is 7.58. The summed E-state index contributed by atoms with van der Waals surface area (Å²) in [5, 5.41) is 6.38. The molecule has 1 amide bonds. The molecule has 1 rings (SSSR count). The van der Waals surface area contributed by atoms with Gasteiger partial charge in [-0.3, -0.25) is 4.79 Å². The van der Waals surface area contributed by atoms with Crippen molar-refractivity contribution in [2.75, 3.05) is 26.7 Å². The van der Waals surface area contributed by atoms with Crippen molar-refractivity contribution in [3.8, 4) is 0 Å². The van der Waals surface area contributed by atoms with Crippen LogP contribution in [-0.2, 0) is 4.79 Å². The van der Waals surface area contributed by atoms with Gasteiger partial charge in [0.05, 0.1) is 0 Å². The van der Waals surface area contributed by atoms with Gasteiger partial charge in [-0.25, -0.2) is 0 Å². The number of nitrogens with zero attached hydrogens (tertiary/aromatic N) is 1. The number of amides is 1. The average Bonchev–Trinajstić information content (AvgIpc) is 2.66. The molecule has 0 aliphatic carbocycles. The van der Waals surface area contributed by atoms with Gasteiger partial charge in [0, 0.05) is 31.6 Å². The molecular weight excluding hydrogens is 202 g/mol. The van der Waals surface area contributed by atoms with Crippen LogP contribution in [0.3, 0.4) is 0 Å². The molecule has 94 valence electrons. The molecule has 2 N–H and O–H groups in total. The van der Waals surface area contributed by atoms with Gasteiger partial charge in [0.2, 0.25) is 5.91 Å². The van der Waals surface area contributed by atoms with Crippen molar-refractivity contribution in [3.63, 3.8) is 0 Å². The van der Waals surface area contributed by atoms with Crippen molar-refractivity contribution in [1.82, 2.24) is 15.5 Å². The number of carbonyl (C=O) groups is 1.